The molecule has 0 bridgehead atoms. The maximum atomic E-state index is 12.2. The summed E-state index contributed by atoms with van der Waals surface area (Å²) in [7, 11) is 2.52. The summed E-state index contributed by atoms with van der Waals surface area (Å²) in [5.74, 6) is -6.16. The SMILES string of the molecule is COc1cc2c(C(=O)O)c(C(=O)O)c3cc(OC)cc4c(C(=O)O)c(C(=O)O)c(c1)c2c34. The zero-order chi connectivity index (χ0) is 23.5. The maximum Gasteiger partial charge on any atom is 0.337 e. The summed E-state index contributed by atoms with van der Waals surface area (Å²) in [6.07, 6.45) is 0. The number of aromatic carboxylic acids is 4. The zero-order valence-electron chi connectivity index (χ0n) is 16.5. The van der Waals surface area contributed by atoms with Crippen molar-refractivity contribution >= 4 is 56.2 Å². The molecule has 0 aliphatic heterocycles. The van der Waals surface area contributed by atoms with Gasteiger partial charge in [-0.15, -0.1) is 0 Å². The van der Waals surface area contributed by atoms with Crippen LogP contribution in [0.25, 0.3) is 32.3 Å². The number of hydrogen-bond acceptors (Lipinski definition) is 6. The Morgan fingerprint density at radius 1 is 0.531 bits per heavy atom. The van der Waals surface area contributed by atoms with E-state index in [-0.39, 0.29) is 43.8 Å². The molecule has 0 aromatic heterocycles. The first kappa shape index (κ1) is 20.7. The second-order valence-corrected chi connectivity index (χ2v) is 6.92. The minimum Gasteiger partial charge on any atom is -0.497 e. The number of ether oxygens (including phenoxy) is 2. The van der Waals surface area contributed by atoms with Crippen LogP contribution in [0.5, 0.6) is 11.5 Å². The Hall–Kier alpha value is -4.60. The molecule has 0 unspecified atom stereocenters. The molecule has 10 heteroatoms. The molecule has 0 saturated carbocycles. The summed E-state index contributed by atoms with van der Waals surface area (Å²) in [6, 6.07) is 5.14. The number of benzene rings is 4. The van der Waals surface area contributed by atoms with E-state index in [4.69, 9.17) is 9.47 Å². The van der Waals surface area contributed by atoms with Crippen LogP contribution in [-0.4, -0.2) is 58.5 Å². The van der Waals surface area contributed by atoms with E-state index >= 15 is 0 Å². The van der Waals surface area contributed by atoms with Gasteiger partial charge in [0.25, 0.3) is 0 Å². The van der Waals surface area contributed by atoms with Gasteiger partial charge in [0.2, 0.25) is 0 Å². The first-order valence-corrected chi connectivity index (χ1v) is 9.00. The molecule has 0 fully saturated rings. The van der Waals surface area contributed by atoms with Gasteiger partial charge in [0.05, 0.1) is 36.5 Å². The molecule has 4 aromatic rings. The molecule has 0 heterocycles. The second kappa shape index (κ2) is 6.98. The second-order valence-electron chi connectivity index (χ2n) is 6.92. The van der Waals surface area contributed by atoms with Crippen LogP contribution < -0.4 is 9.47 Å². The Bertz CT molecular complexity index is 1280. The Labute approximate surface area is 178 Å². The third-order valence-corrected chi connectivity index (χ3v) is 5.38. The van der Waals surface area contributed by atoms with E-state index in [1.165, 1.54) is 38.5 Å². The Balaban J connectivity index is 2.55. The minimum atomic E-state index is -1.56. The minimum absolute atomic E-state index is 0.0335. The van der Waals surface area contributed by atoms with Crippen molar-refractivity contribution in [3.63, 3.8) is 0 Å². The lowest BCUT2D eigenvalue weighted by atomic mass is 9.83. The van der Waals surface area contributed by atoms with Gasteiger partial charge in [-0.05, 0) is 35.0 Å². The number of carboxylic acids is 4. The van der Waals surface area contributed by atoms with Crippen molar-refractivity contribution in [1.29, 1.82) is 0 Å². The Kier molecular flexibility index (Phi) is 4.51. The zero-order valence-corrected chi connectivity index (χ0v) is 16.5. The van der Waals surface area contributed by atoms with Crippen molar-refractivity contribution in [3.05, 3.63) is 46.5 Å². The highest BCUT2D eigenvalue weighted by Gasteiger charge is 2.32. The monoisotopic (exact) mass is 438 g/mol. The number of carboxylic acid groups (broad SMARTS) is 4. The fraction of sp³-hybridized carbons (Fsp3) is 0.0909. The van der Waals surface area contributed by atoms with E-state index in [9.17, 15) is 39.6 Å². The standard InChI is InChI=1S/C22H14O10/c1-31-7-3-9-13-10(4-7)16(20(25)26)18(22(29)30)12-6-8(32-2)5-11(14(12)13)17(21(27)28)15(9)19(23)24/h3-6H,1-2H3,(H,23,24)(H,25,26)(H,27,28)(H,29,30). The van der Waals surface area contributed by atoms with Gasteiger partial charge in [0.15, 0.2) is 0 Å². The summed E-state index contributed by atoms with van der Waals surface area (Å²) in [5.41, 5.74) is -2.32. The van der Waals surface area contributed by atoms with Crippen molar-refractivity contribution in [2.45, 2.75) is 0 Å². The predicted octanol–water partition coefficient (Wildman–Crippen LogP) is 3.39. The van der Waals surface area contributed by atoms with Gasteiger partial charge in [0.1, 0.15) is 11.5 Å². The summed E-state index contributed by atoms with van der Waals surface area (Å²) >= 11 is 0. The van der Waals surface area contributed by atoms with Gasteiger partial charge >= 0.3 is 23.9 Å². The van der Waals surface area contributed by atoms with Crippen molar-refractivity contribution in [2.75, 3.05) is 14.2 Å². The molecular formula is C22H14O10. The molecule has 0 amide bonds. The van der Waals surface area contributed by atoms with E-state index in [1.807, 2.05) is 0 Å². The molecule has 4 N–H and O–H groups in total. The molecule has 0 aliphatic carbocycles. The molecule has 4 rings (SSSR count). The third-order valence-electron chi connectivity index (χ3n) is 5.38. The molecular weight excluding hydrogens is 424 g/mol. The number of carbonyl (C=O) groups is 4. The van der Waals surface area contributed by atoms with Crippen molar-refractivity contribution < 1.29 is 49.1 Å². The fourth-order valence-electron chi connectivity index (χ4n) is 4.22. The molecule has 32 heavy (non-hydrogen) atoms. The fourth-order valence-corrected chi connectivity index (χ4v) is 4.22. The van der Waals surface area contributed by atoms with Crippen LogP contribution in [0, 0.1) is 0 Å². The topological polar surface area (TPSA) is 168 Å². The maximum absolute atomic E-state index is 12.2. The van der Waals surface area contributed by atoms with E-state index in [1.54, 1.807) is 0 Å². The van der Waals surface area contributed by atoms with Gasteiger partial charge in [-0.2, -0.15) is 0 Å². The van der Waals surface area contributed by atoms with E-state index in [0.717, 1.165) is 0 Å². The lowest BCUT2D eigenvalue weighted by molar-refractivity contribution is 0.0654. The molecule has 4 aromatic carbocycles. The predicted molar refractivity (Wildman–Crippen MR) is 111 cm³/mol. The van der Waals surface area contributed by atoms with Crippen molar-refractivity contribution in [1.82, 2.24) is 0 Å². The van der Waals surface area contributed by atoms with E-state index < -0.39 is 46.1 Å². The summed E-state index contributed by atoms with van der Waals surface area (Å²) in [6.45, 7) is 0. The summed E-state index contributed by atoms with van der Waals surface area (Å²) in [4.78, 5) is 48.7. The lowest BCUT2D eigenvalue weighted by Gasteiger charge is -2.21. The van der Waals surface area contributed by atoms with Gasteiger partial charge in [-0.1, -0.05) is 0 Å². The molecule has 0 aliphatic rings. The quantitative estimate of drug-likeness (QED) is 0.327. The highest BCUT2D eigenvalue weighted by molar-refractivity contribution is 6.37. The number of methoxy groups -OCH3 is 2. The Morgan fingerprint density at radius 3 is 0.906 bits per heavy atom. The van der Waals surface area contributed by atoms with Crippen LogP contribution in [-0.2, 0) is 0 Å². The van der Waals surface area contributed by atoms with Crippen molar-refractivity contribution in [2.24, 2.45) is 0 Å². The van der Waals surface area contributed by atoms with Crippen LogP contribution in [0.15, 0.2) is 24.3 Å². The van der Waals surface area contributed by atoms with Crippen molar-refractivity contribution in [3.8, 4) is 11.5 Å². The van der Waals surface area contributed by atoms with Gasteiger partial charge < -0.3 is 29.9 Å². The molecule has 0 spiro atoms. The average molecular weight is 438 g/mol. The van der Waals surface area contributed by atoms with E-state index in [2.05, 4.69) is 0 Å². The molecule has 0 radical (unpaired) electrons. The van der Waals surface area contributed by atoms with Crippen LogP contribution in [0.2, 0.25) is 0 Å². The molecule has 162 valence electrons. The largest absolute Gasteiger partial charge is 0.497 e. The van der Waals surface area contributed by atoms with Gasteiger partial charge in [0, 0.05) is 21.5 Å². The summed E-state index contributed by atoms with van der Waals surface area (Å²) in [5, 5.41) is 39.4. The normalized spacial score (nSPS) is 11.2. The van der Waals surface area contributed by atoms with E-state index in [0.29, 0.717) is 0 Å². The number of hydrogen-bond donors (Lipinski definition) is 4. The molecule has 10 nitrogen and oxygen atoms in total. The first-order chi connectivity index (χ1) is 15.1. The van der Waals surface area contributed by atoms with Crippen LogP contribution in [0.1, 0.15) is 41.4 Å². The summed E-state index contributed by atoms with van der Waals surface area (Å²) < 4.78 is 10.3. The highest BCUT2D eigenvalue weighted by atomic mass is 16.5. The highest BCUT2D eigenvalue weighted by Crippen LogP contribution is 2.46. The van der Waals surface area contributed by atoms with Gasteiger partial charge in [-0.25, -0.2) is 19.2 Å². The average Bonchev–Trinajstić information content (AvgIpc) is 2.74. The van der Waals surface area contributed by atoms with Crippen LogP contribution >= 0.6 is 0 Å². The lowest BCUT2D eigenvalue weighted by Crippen LogP contribution is -2.14. The first-order valence-electron chi connectivity index (χ1n) is 9.00. The Morgan fingerprint density at radius 2 is 0.750 bits per heavy atom. The molecule has 0 saturated heterocycles. The molecule has 0 atom stereocenters. The van der Waals surface area contributed by atoms with Gasteiger partial charge in [-0.3, -0.25) is 0 Å². The third kappa shape index (κ3) is 2.66. The smallest absolute Gasteiger partial charge is 0.337 e. The number of rotatable bonds is 6. The van der Waals surface area contributed by atoms with Crippen LogP contribution in [0.4, 0.5) is 0 Å². The van der Waals surface area contributed by atoms with Crippen LogP contribution in [0.3, 0.4) is 0 Å².